The number of rotatable bonds is 5. The Kier molecular flexibility index (Phi) is 4.49. The molecule has 0 saturated carbocycles. The first-order valence-electron chi connectivity index (χ1n) is 6.30. The van der Waals surface area contributed by atoms with Gasteiger partial charge in [-0.05, 0) is 19.1 Å². The number of aliphatic hydroxyl groups is 1. The van der Waals surface area contributed by atoms with Gasteiger partial charge in [-0.25, -0.2) is 4.39 Å². The summed E-state index contributed by atoms with van der Waals surface area (Å²) in [7, 11) is 0. The van der Waals surface area contributed by atoms with E-state index in [0.717, 1.165) is 0 Å². The summed E-state index contributed by atoms with van der Waals surface area (Å²) in [5, 5.41) is 20.9. The van der Waals surface area contributed by atoms with Crippen molar-refractivity contribution < 1.29 is 19.2 Å². The van der Waals surface area contributed by atoms with Gasteiger partial charge < -0.3 is 9.84 Å². The van der Waals surface area contributed by atoms with Crippen LogP contribution in [0.25, 0.3) is 0 Å². The Morgan fingerprint density at radius 3 is 2.67 bits per heavy atom. The van der Waals surface area contributed by atoms with Crippen LogP contribution in [-0.4, -0.2) is 16.6 Å². The summed E-state index contributed by atoms with van der Waals surface area (Å²) in [6.07, 6.45) is -1.20. The number of ether oxygens (including phenoxy) is 1. The van der Waals surface area contributed by atoms with Gasteiger partial charge in [0.15, 0.2) is 5.75 Å². The van der Waals surface area contributed by atoms with E-state index in [-0.39, 0.29) is 23.6 Å². The topological polar surface area (TPSA) is 72.6 Å². The van der Waals surface area contributed by atoms with Crippen molar-refractivity contribution in [3.05, 3.63) is 69.5 Å². The molecule has 2 aromatic carbocycles. The molecule has 0 amide bonds. The zero-order chi connectivity index (χ0) is 15.4. The Morgan fingerprint density at radius 2 is 2.00 bits per heavy atom. The maximum Gasteiger partial charge on any atom is 0.313 e. The highest BCUT2D eigenvalue weighted by Gasteiger charge is 2.20. The third-order valence-corrected chi connectivity index (χ3v) is 3.04. The van der Waals surface area contributed by atoms with Gasteiger partial charge in [0.2, 0.25) is 0 Å². The van der Waals surface area contributed by atoms with Crippen LogP contribution in [0.1, 0.15) is 17.2 Å². The second kappa shape index (κ2) is 6.32. The third kappa shape index (κ3) is 3.35. The lowest BCUT2D eigenvalue weighted by atomic mass is 10.1. The maximum absolute atomic E-state index is 13.5. The van der Waals surface area contributed by atoms with Gasteiger partial charge in [0.05, 0.1) is 4.92 Å². The number of nitro groups is 1. The molecule has 0 saturated heterocycles. The molecular formula is C15H14FNO4. The van der Waals surface area contributed by atoms with Crippen molar-refractivity contribution in [2.45, 2.75) is 13.0 Å². The van der Waals surface area contributed by atoms with Crippen LogP contribution in [-0.2, 0) is 0 Å². The number of nitrogens with zero attached hydrogens (tertiary/aromatic N) is 1. The zero-order valence-corrected chi connectivity index (χ0v) is 11.3. The highest BCUT2D eigenvalue weighted by Crippen LogP contribution is 2.31. The molecule has 0 spiro atoms. The lowest BCUT2D eigenvalue weighted by Crippen LogP contribution is -2.12. The van der Waals surface area contributed by atoms with E-state index in [9.17, 15) is 19.6 Å². The van der Waals surface area contributed by atoms with Gasteiger partial charge in [-0.3, -0.25) is 10.1 Å². The summed E-state index contributed by atoms with van der Waals surface area (Å²) in [6, 6.07) is 10.4. The Hall–Kier alpha value is -2.47. The quantitative estimate of drug-likeness (QED) is 0.678. The van der Waals surface area contributed by atoms with Crippen LogP contribution in [0.3, 0.4) is 0 Å². The first-order valence-corrected chi connectivity index (χ1v) is 6.30. The van der Waals surface area contributed by atoms with Crippen LogP contribution in [0, 0.1) is 22.9 Å². The third-order valence-electron chi connectivity index (χ3n) is 3.04. The number of benzene rings is 2. The van der Waals surface area contributed by atoms with Crippen LogP contribution in [0.4, 0.5) is 10.1 Å². The van der Waals surface area contributed by atoms with Gasteiger partial charge in [-0.1, -0.05) is 30.3 Å². The van der Waals surface area contributed by atoms with Crippen molar-refractivity contribution in [2.24, 2.45) is 0 Å². The van der Waals surface area contributed by atoms with Crippen molar-refractivity contribution in [3.63, 3.8) is 0 Å². The van der Waals surface area contributed by atoms with Gasteiger partial charge in [-0.15, -0.1) is 0 Å². The Morgan fingerprint density at radius 1 is 1.29 bits per heavy atom. The molecule has 0 aromatic heterocycles. The number of para-hydroxylation sites is 1. The molecule has 0 aliphatic rings. The monoisotopic (exact) mass is 291 g/mol. The molecule has 0 aliphatic heterocycles. The Labute approximate surface area is 120 Å². The minimum atomic E-state index is -1.20. The molecule has 0 fully saturated rings. The average Bonchev–Trinajstić information content (AvgIpc) is 2.44. The van der Waals surface area contributed by atoms with Crippen molar-refractivity contribution in [1.29, 1.82) is 0 Å². The van der Waals surface area contributed by atoms with Crippen molar-refractivity contribution in [2.75, 3.05) is 6.61 Å². The Balaban J connectivity index is 2.16. The molecule has 1 unspecified atom stereocenters. The smallest absolute Gasteiger partial charge is 0.313 e. The summed E-state index contributed by atoms with van der Waals surface area (Å²) in [6.45, 7) is 1.32. The van der Waals surface area contributed by atoms with Crippen LogP contribution >= 0.6 is 0 Å². The van der Waals surface area contributed by atoms with Gasteiger partial charge in [0, 0.05) is 11.1 Å². The van der Waals surface area contributed by atoms with Crippen LogP contribution in [0.5, 0.6) is 5.75 Å². The van der Waals surface area contributed by atoms with Gasteiger partial charge in [0.25, 0.3) is 0 Å². The molecule has 0 heterocycles. The molecule has 0 bridgehead atoms. The lowest BCUT2D eigenvalue weighted by molar-refractivity contribution is -0.386. The fourth-order valence-electron chi connectivity index (χ4n) is 1.99. The molecule has 0 aliphatic carbocycles. The zero-order valence-electron chi connectivity index (χ0n) is 11.3. The summed E-state index contributed by atoms with van der Waals surface area (Å²) >= 11 is 0. The number of nitro benzene ring substituents is 1. The number of halogens is 1. The predicted octanol–water partition coefficient (Wildman–Crippen LogP) is 3.15. The minimum Gasteiger partial charge on any atom is -0.484 e. The predicted molar refractivity (Wildman–Crippen MR) is 74.7 cm³/mol. The fourth-order valence-corrected chi connectivity index (χ4v) is 1.99. The number of aliphatic hydroxyl groups excluding tert-OH is 1. The summed E-state index contributed by atoms with van der Waals surface area (Å²) in [4.78, 5) is 10.5. The minimum absolute atomic E-state index is 0.0513. The van der Waals surface area contributed by atoms with Crippen molar-refractivity contribution in [1.82, 2.24) is 0 Å². The molecule has 21 heavy (non-hydrogen) atoms. The van der Waals surface area contributed by atoms with E-state index in [4.69, 9.17) is 4.74 Å². The fraction of sp³-hybridized carbons (Fsp3) is 0.200. The van der Waals surface area contributed by atoms with Crippen molar-refractivity contribution in [3.8, 4) is 5.75 Å². The first kappa shape index (κ1) is 14.9. The van der Waals surface area contributed by atoms with E-state index in [1.165, 1.54) is 24.3 Å². The standard InChI is InChI=1S/C15H14FNO4/c1-10-5-4-8-14(15(10)17(19)20)21-9-13(18)11-6-2-3-7-12(11)16/h2-8,13,18H,9H2,1H3. The maximum atomic E-state index is 13.5. The van der Waals surface area contributed by atoms with E-state index in [0.29, 0.717) is 5.56 Å². The van der Waals surface area contributed by atoms with Gasteiger partial charge >= 0.3 is 5.69 Å². The number of hydrogen-bond acceptors (Lipinski definition) is 4. The molecule has 1 N–H and O–H groups in total. The molecular weight excluding hydrogens is 277 g/mol. The molecule has 6 heteroatoms. The highest BCUT2D eigenvalue weighted by molar-refractivity contribution is 5.52. The van der Waals surface area contributed by atoms with Crippen LogP contribution in [0.2, 0.25) is 0 Å². The van der Waals surface area contributed by atoms with Gasteiger partial charge in [0.1, 0.15) is 18.5 Å². The van der Waals surface area contributed by atoms with E-state index in [1.807, 2.05) is 0 Å². The van der Waals surface area contributed by atoms with Crippen LogP contribution < -0.4 is 4.74 Å². The molecule has 2 aromatic rings. The first-order chi connectivity index (χ1) is 10.0. The van der Waals surface area contributed by atoms with Gasteiger partial charge in [-0.2, -0.15) is 0 Å². The molecule has 5 nitrogen and oxygen atoms in total. The van der Waals surface area contributed by atoms with E-state index in [2.05, 4.69) is 0 Å². The normalized spacial score (nSPS) is 12.0. The lowest BCUT2D eigenvalue weighted by Gasteiger charge is -2.13. The summed E-state index contributed by atoms with van der Waals surface area (Å²) in [5.74, 6) is -0.497. The van der Waals surface area contributed by atoms with E-state index < -0.39 is 16.8 Å². The molecule has 1 atom stereocenters. The summed E-state index contributed by atoms with van der Waals surface area (Å²) < 4.78 is 18.8. The second-order valence-electron chi connectivity index (χ2n) is 4.53. The van der Waals surface area contributed by atoms with E-state index >= 15 is 0 Å². The van der Waals surface area contributed by atoms with E-state index in [1.54, 1.807) is 25.1 Å². The average molecular weight is 291 g/mol. The number of aryl methyl sites for hydroxylation is 1. The molecule has 110 valence electrons. The van der Waals surface area contributed by atoms with Crippen molar-refractivity contribution >= 4 is 5.69 Å². The second-order valence-corrected chi connectivity index (χ2v) is 4.53. The highest BCUT2D eigenvalue weighted by atomic mass is 19.1. The SMILES string of the molecule is Cc1cccc(OCC(O)c2ccccc2F)c1[N+](=O)[O-]. The molecule has 0 radical (unpaired) electrons. The molecule has 2 rings (SSSR count). The summed E-state index contributed by atoms with van der Waals surface area (Å²) in [5.41, 5.74) is 0.393. The number of hydrogen-bond donors (Lipinski definition) is 1. The Bertz CT molecular complexity index is 660. The van der Waals surface area contributed by atoms with Crippen LogP contribution in [0.15, 0.2) is 42.5 Å². The largest absolute Gasteiger partial charge is 0.484 e.